The molecular formula is C34H41N3O7S. The third-order valence-electron chi connectivity index (χ3n) is 7.35. The average Bonchev–Trinajstić information content (AvgIpc) is 3.38. The fourth-order valence-corrected chi connectivity index (χ4v) is 6.24. The lowest BCUT2D eigenvalue weighted by atomic mass is 9.88. The van der Waals surface area contributed by atoms with Crippen LogP contribution in [0, 0.1) is 5.92 Å². The Bertz CT molecular complexity index is 1520. The second-order valence-electron chi connectivity index (χ2n) is 10.9. The molecule has 3 aromatic rings. The van der Waals surface area contributed by atoms with Crippen molar-refractivity contribution in [3.05, 3.63) is 69.6 Å². The van der Waals surface area contributed by atoms with Gasteiger partial charge in [-0.1, -0.05) is 20.3 Å². The molecule has 0 fully saturated rings. The molecule has 0 saturated heterocycles. The van der Waals surface area contributed by atoms with Crippen molar-refractivity contribution in [2.75, 3.05) is 25.6 Å². The molecule has 2 atom stereocenters. The Kier molecular flexibility index (Phi) is 12.0. The van der Waals surface area contributed by atoms with Crippen molar-refractivity contribution in [2.45, 2.75) is 65.9 Å². The van der Waals surface area contributed by atoms with E-state index in [4.69, 9.17) is 18.9 Å². The van der Waals surface area contributed by atoms with E-state index >= 15 is 0 Å². The molecule has 0 spiro atoms. The number of methoxy groups -OCH3 is 1. The molecule has 1 aromatic heterocycles. The Morgan fingerprint density at radius 1 is 1.11 bits per heavy atom. The van der Waals surface area contributed by atoms with E-state index in [0.29, 0.717) is 45.9 Å². The molecule has 45 heavy (non-hydrogen) atoms. The molecule has 1 aliphatic carbocycles. The van der Waals surface area contributed by atoms with Crippen LogP contribution in [0.5, 0.6) is 17.2 Å². The fraction of sp³-hybridized carbons (Fsp3) is 0.412. The number of carbonyl (C=O) groups is 3. The molecular weight excluding hydrogens is 594 g/mol. The summed E-state index contributed by atoms with van der Waals surface area (Å²) in [6.45, 7) is 8.53. The number of carbonyl (C=O) groups excluding carboxylic acids is 3. The zero-order valence-electron chi connectivity index (χ0n) is 26.4. The van der Waals surface area contributed by atoms with E-state index in [1.807, 2.05) is 6.07 Å². The van der Waals surface area contributed by atoms with E-state index in [2.05, 4.69) is 29.7 Å². The van der Waals surface area contributed by atoms with Crippen LogP contribution in [0.1, 0.15) is 83.7 Å². The molecule has 2 aromatic carbocycles. The summed E-state index contributed by atoms with van der Waals surface area (Å²) in [6.07, 6.45) is 5.30. The number of hydrazone groups is 1. The van der Waals surface area contributed by atoms with Gasteiger partial charge in [0.2, 0.25) is 0 Å². The lowest BCUT2D eigenvalue weighted by molar-refractivity contribution is -0.127. The quantitative estimate of drug-likeness (QED) is 0.0908. The van der Waals surface area contributed by atoms with Crippen molar-refractivity contribution in [1.29, 1.82) is 0 Å². The number of nitrogens with zero attached hydrogens (tertiary/aromatic N) is 1. The zero-order valence-corrected chi connectivity index (χ0v) is 27.3. The van der Waals surface area contributed by atoms with Crippen LogP contribution in [0.2, 0.25) is 0 Å². The number of ether oxygens (including phenoxy) is 4. The van der Waals surface area contributed by atoms with Crippen LogP contribution in [0.3, 0.4) is 0 Å². The normalized spacial score (nSPS) is 14.7. The number of amides is 2. The number of hydrogen-bond acceptors (Lipinski definition) is 9. The summed E-state index contributed by atoms with van der Waals surface area (Å²) in [6, 6.07) is 11.9. The van der Waals surface area contributed by atoms with Gasteiger partial charge >= 0.3 is 5.97 Å². The van der Waals surface area contributed by atoms with Crippen LogP contribution in [0.25, 0.3) is 0 Å². The molecule has 10 nitrogen and oxygen atoms in total. The van der Waals surface area contributed by atoms with Gasteiger partial charge in [0, 0.05) is 10.4 Å². The topological polar surface area (TPSA) is 125 Å². The van der Waals surface area contributed by atoms with E-state index < -0.39 is 18.0 Å². The largest absolute Gasteiger partial charge is 0.493 e. The van der Waals surface area contributed by atoms with E-state index in [-0.39, 0.29) is 12.5 Å². The van der Waals surface area contributed by atoms with Crippen molar-refractivity contribution in [3.8, 4) is 17.2 Å². The number of unbranched alkanes of at least 4 members (excludes halogenated alkanes) is 1. The van der Waals surface area contributed by atoms with E-state index in [1.165, 1.54) is 17.6 Å². The number of fused-ring (bicyclic) bond motifs is 1. The zero-order chi connectivity index (χ0) is 32.3. The molecule has 1 heterocycles. The molecule has 0 bridgehead atoms. The van der Waals surface area contributed by atoms with Gasteiger partial charge in [0.1, 0.15) is 10.8 Å². The lowest BCUT2D eigenvalue weighted by Crippen LogP contribution is -2.33. The molecule has 4 rings (SSSR count). The first-order valence-electron chi connectivity index (χ1n) is 15.3. The van der Waals surface area contributed by atoms with Gasteiger partial charge in [-0.05, 0) is 99.0 Å². The fourth-order valence-electron chi connectivity index (χ4n) is 4.85. The minimum atomic E-state index is -0.849. The standard InChI is InChI=1S/C34H41N3O7S/c1-6-8-17-43-27-16-10-23(19-28(27)41-5)20-35-37-31(38)22(4)44-25-13-11-24(12-14-25)32(39)36-33-30(34(40)42-7-2)26-15-9-21(3)18-29(26)45-33/h10-14,16,19-22H,6-9,15,17-18H2,1-5H3,(H,36,39)(H,37,38)/b35-20+. The van der Waals surface area contributed by atoms with Crippen molar-refractivity contribution < 1.29 is 33.3 Å². The van der Waals surface area contributed by atoms with Crippen molar-refractivity contribution in [3.63, 3.8) is 0 Å². The SMILES string of the molecule is CCCCOc1ccc(/C=N/NC(=O)C(C)Oc2ccc(C(=O)Nc3sc4c(c3C(=O)OCC)CCC(C)C4)cc2)cc1OC. The molecule has 2 unspecified atom stereocenters. The van der Waals surface area contributed by atoms with Gasteiger partial charge in [-0.3, -0.25) is 9.59 Å². The molecule has 2 amide bonds. The molecule has 0 aliphatic heterocycles. The number of rotatable bonds is 14. The first-order valence-corrected chi connectivity index (χ1v) is 16.1. The number of benzene rings is 2. The highest BCUT2D eigenvalue weighted by molar-refractivity contribution is 7.17. The first kappa shape index (κ1) is 33.5. The highest BCUT2D eigenvalue weighted by Gasteiger charge is 2.29. The van der Waals surface area contributed by atoms with E-state index in [1.54, 1.807) is 57.4 Å². The van der Waals surface area contributed by atoms with Crippen LogP contribution in [-0.2, 0) is 22.4 Å². The molecule has 2 N–H and O–H groups in total. The van der Waals surface area contributed by atoms with Gasteiger partial charge in [-0.15, -0.1) is 11.3 Å². The summed E-state index contributed by atoms with van der Waals surface area (Å²) < 4.78 is 22.2. The van der Waals surface area contributed by atoms with Crippen LogP contribution in [0.4, 0.5) is 5.00 Å². The number of hydrogen-bond donors (Lipinski definition) is 2. The van der Waals surface area contributed by atoms with Gasteiger partial charge in [0.25, 0.3) is 11.8 Å². The Balaban J connectivity index is 1.33. The Morgan fingerprint density at radius 3 is 2.60 bits per heavy atom. The summed E-state index contributed by atoms with van der Waals surface area (Å²) >= 11 is 1.44. The van der Waals surface area contributed by atoms with Crippen molar-refractivity contribution in [1.82, 2.24) is 5.43 Å². The van der Waals surface area contributed by atoms with Gasteiger partial charge in [0.05, 0.1) is 32.1 Å². The number of esters is 1. The van der Waals surface area contributed by atoms with Crippen molar-refractivity contribution in [2.24, 2.45) is 11.0 Å². The summed E-state index contributed by atoms with van der Waals surface area (Å²) in [5, 5.41) is 7.47. The van der Waals surface area contributed by atoms with E-state index in [9.17, 15) is 14.4 Å². The molecule has 0 radical (unpaired) electrons. The molecule has 240 valence electrons. The highest BCUT2D eigenvalue weighted by atomic mass is 32.1. The molecule has 11 heteroatoms. The van der Waals surface area contributed by atoms with Gasteiger partial charge in [-0.2, -0.15) is 5.10 Å². The molecule has 0 saturated carbocycles. The van der Waals surface area contributed by atoms with Gasteiger partial charge < -0.3 is 24.3 Å². The predicted molar refractivity (Wildman–Crippen MR) is 175 cm³/mol. The second-order valence-corrected chi connectivity index (χ2v) is 12.0. The van der Waals surface area contributed by atoms with Crippen molar-refractivity contribution >= 4 is 40.3 Å². The van der Waals surface area contributed by atoms with Gasteiger partial charge in [-0.25, -0.2) is 10.2 Å². The van der Waals surface area contributed by atoms with Crippen LogP contribution in [0.15, 0.2) is 47.6 Å². The van der Waals surface area contributed by atoms with Crippen LogP contribution in [-0.4, -0.2) is 50.4 Å². The minimum Gasteiger partial charge on any atom is -0.493 e. The van der Waals surface area contributed by atoms with Gasteiger partial charge in [0.15, 0.2) is 17.6 Å². The maximum atomic E-state index is 13.1. The smallest absolute Gasteiger partial charge is 0.341 e. The predicted octanol–water partition coefficient (Wildman–Crippen LogP) is 6.41. The van der Waals surface area contributed by atoms with Crippen LogP contribution >= 0.6 is 11.3 Å². The summed E-state index contributed by atoms with van der Waals surface area (Å²) in [7, 11) is 1.57. The van der Waals surface area contributed by atoms with Crippen LogP contribution < -0.4 is 25.0 Å². The highest BCUT2D eigenvalue weighted by Crippen LogP contribution is 2.40. The summed E-state index contributed by atoms with van der Waals surface area (Å²) in [5.41, 5.74) is 5.04. The lowest BCUT2D eigenvalue weighted by Gasteiger charge is -2.18. The number of thiophene rings is 1. The first-order chi connectivity index (χ1) is 21.7. The summed E-state index contributed by atoms with van der Waals surface area (Å²) in [4.78, 5) is 39.6. The third kappa shape index (κ3) is 8.85. The molecule has 1 aliphatic rings. The maximum absolute atomic E-state index is 13.1. The third-order valence-corrected chi connectivity index (χ3v) is 8.52. The van der Waals surface area contributed by atoms with E-state index in [0.717, 1.165) is 48.1 Å². The Morgan fingerprint density at radius 2 is 1.89 bits per heavy atom. The summed E-state index contributed by atoms with van der Waals surface area (Å²) in [5.74, 6) is 0.964. The Labute approximate surface area is 268 Å². The monoisotopic (exact) mass is 635 g/mol. The minimum absolute atomic E-state index is 0.260. The Hall–Kier alpha value is -4.38. The average molecular weight is 636 g/mol. The maximum Gasteiger partial charge on any atom is 0.341 e. The number of anilines is 1. The number of nitrogens with one attached hydrogen (secondary N) is 2. The second kappa shape index (κ2) is 16.1.